The maximum atomic E-state index is 12.3. The molecule has 0 aliphatic carbocycles. The molecule has 2 fully saturated rings. The fourth-order valence-corrected chi connectivity index (χ4v) is 3.33. The highest BCUT2D eigenvalue weighted by Crippen LogP contribution is 2.36. The van der Waals surface area contributed by atoms with Crippen LogP contribution in [0.15, 0.2) is 24.3 Å². The molecule has 3 amide bonds. The van der Waals surface area contributed by atoms with Crippen LogP contribution < -0.4 is 21.8 Å². The number of hydrogen-bond donors (Lipinski definition) is 3. The van der Waals surface area contributed by atoms with Gasteiger partial charge in [0.25, 0.3) is 0 Å². The molecule has 0 unspecified atom stereocenters. The first-order valence-corrected chi connectivity index (χ1v) is 9.82. The normalized spacial score (nSPS) is 23.5. The summed E-state index contributed by atoms with van der Waals surface area (Å²) in [5.74, 6) is -1.19. The molecular weight excluding hydrogens is 373 g/mol. The van der Waals surface area contributed by atoms with Gasteiger partial charge in [-0.15, -0.1) is 0 Å². The van der Waals surface area contributed by atoms with Gasteiger partial charge in [0, 0.05) is 12.8 Å². The maximum absolute atomic E-state index is 12.3. The van der Waals surface area contributed by atoms with Crippen LogP contribution in [0.25, 0.3) is 0 Å². The molecule has 2 saturated heterocycles. The highest BCUT2D eigenvalue weighted by Gasteiger charge is 2.51. The summed E-state index contributed by atoms with van der Waals surface area (Å²) in [4.78, 5) is 35.4. The number of hydrogen-bond acceptors (Lipinski definition) is 5. The molecule has 9 heteroatoms. The molecule has 29 heavy (non-hydrogen) atoms. The van der Waals surface area contributed by atoms with Gasteiger partial charge in [-0.2, -0.15) is 0 Å². The Morgan fingerprint density at radius 2 is 1.79 bits per heavy atom. The van der Waals surface area contributed by atoms with Crippen molar-refractivity contribution in [2.24, 2.45) is 5.73 Å². The van der Waals surface area contributed by atoms with Gasteiger partial charge in [-0.3, -0.25) is 14.4 Å². The number of primary amides is 1. The summed E-state index contributed by atoms with van der Waals surface area (Å²) in [7, 11) is -0.466. The lowest BCUT2D eigenvalue weighted by molar-refractivity contribution is -0.129. The molecule has 0 radical (unpaired) electrons. The van der Waals surface area contributed by atoms with Crippen molar-refractivity contribution in [3.05, 3.63) is 29.8 Å². The third kappa shape index (κ3) is 4.62. The van der Waals surface area contributed by atoms with Crippen molar-refractivity contribution in [1.82, 2.24) is 10.6 Å². The van der Waals surface area contributed by atoms with Crippen molar-refractivity contribution in [2.75, 3.05) is 0 Å². The van der Waals surface area contributed by atoms with Crippen LogP contribution in [0, 0.1) is 0 Å². The number of amides is 3. The molecular formula is C20H28BN3O5. The van der Waals surface area contributed by atoms with Crippen molar-refractivity contribution >= 4 is 30.3 Å². The lowest BCUT2D eigenvalue weighted by atomic mass is 9.78. The SMILES string of the molecule is CC1(C)OB(c2ccc(C[C@H](NC(=O)[C@@H]3CCC(=O)N3)C(N)=O)cc2)OC1(C)C. The topological polar surface area (TPSA) is 120 Å². The third-order valence-electron chi connectivity index (χ3n) is 5.92. The zero-order valence-electron chi connectivity index (χ0n) is 17.3. The van der Waals surface area contributed by atoms with Gasteiger partial charge in [0.15, 0.2) is 0 Å². The fraction of sp³-hybridized carbons (Fsp3) is 0.550. The lowest BCUT2D eigenvalue weighted by Crippen LogP contribution is -2.51. The Morgan fingerprint density at radius 1 is 1.21 bits per heavy atom. The Labute approximate surface area is 171 Å². The first-order chi connectivity index (χ1) is 13.5. The van der Waals surface area contributed by atoms with E-state index in [1.807, 2.05) is 52.0 Å². The van der Waals surface area contributed by atoms with E-state index in [9.17, 15) is 14.4 Å². The second-order valence-corrected chi connectivity index (χ2v) is 8.66. The Bertz CT molecular complexity index is 793. The van der Waals surface area contributed by atoms with Crippen molar-refractivity contribution in [3.63, 3.8) is 0 Å². The number of carbonyl (C=O) groups is 3. The van der Waals surface area contributed by atoms with Crippen LogP contribution in [0.3, 0.4) is 0 Å². The predicted molar refractivity (Wildman–Crippen MR) is 108 cm³/mol. The summed E-state index contributed by atoms with van der Waals surface area (Å²) in [5.41, 5.74) is 6.33. The third-order valence-corrected chi connectivity index (χ3v) is 5.92. The number of benzene rings is 1. The highest BCUT2D eigenvalue weighted by molar-refractivity contribution is 6.62. The Kier molecular flexibility index (Phi) is 5.73. The molecule has 3 rings (SSSR count). The van der Waals surface area contributed by atoms with Crippen LogP contribution in [0.1, 0.15) is 46.1 Å². The maximum Gasteiger partial charge on any atom is 0.494 e. The summed E-state index contributed by atoms with van der Waals surface area (Å²) in [6.45, 7) is 7.98. The smallest absolute Gasteiger partial charge is 0.399 e. The van der Waals surface area contributed by atoms with E-state index in [4.69, 9.17) is 15.0 Å². The average molecular weight is 401 g/mol. The predicted octanol–water partition coefficient (Wildman–Crippen LogP) is -0.223. The van der Waals surface area contributed by atoms with E-state index in [0.717, 1.165) is 11.0 Å². The average Bonchev–Trinajstić information content (AvgIpc) is 3.15. The minimum atomic E-state index is -0.859. The van der Waals surface area contributed by atoms with Gasteiger partial charge < -0.3 is 25.7 Å². The van der Waals surface area contributed by atoms with Crippen LogP contribution in [-0.4, -0.2) is 48.1 Å². The monoisotopic (exact) mass is 401 g/mol. The quantitative estimate of drug-likeness (QED) is 0.570. The largest absolute Gasteiger partial charge is 0.494 e. The molecule has 2 atom stereocenters. The molecule has 0 spiro atoms. The second-order valence-electron chi connectivity index (χ2n) is 8.66. The van der Waals surface area contributed by atoms with Crippen molar-refractivity contribution in [1.29, 1.82) is 0 Å². The highest BCUT2D eigenvalue weighted by atomic mass is 16.7. The summed E-state index contributed by atoms with van der Waals surface area (Å²) >= 11 is 0. The van der Waals surface area contributed by atoms with Crippen LogP contribution >= 0.6 is 0 Å². The molecule has 4 N–H and O–H groups in total. The first-order valence-electron chi connectivity index (χ1n) is 9.82. The number of carbonyl (C=O) groups excluding carboxylic acids is 3. The van der Waals surface area contributed by atoms with Gasteiger partial charge in [0.1, 0.15) is 12.1 Å². The van der Waals surface area contributed by atoms with E-state index in [2.05, 4.69) is 10.6 Å². The van der Waals surface area contributed by atoms with E-state index in [1.54, 1.807) is 0 Å². The van der Waals surface area contributed by atoms with Crippen molar-refractivity contribution < 1.29 is 23.7 Å². The number of nitrogens with two attached hydrogens (primary N) is 1. The van der Waals surface area contributed by atoms with Gasteiger partial charge in [-0.05, 0) is 45.1 Å². The molecule has 8 nitrogen and oxygen atoms in total. The summed E-state index contributed by atoms with van der Waals surface area (Å²) in [5, 5.41) is 5.22. The van der Waals surface area contributed by atoms with Crippen molar-refractivity contribution in [3.8, 4) is 0 Å². The van der Waals surface area contributed by atoms with Gasteiger partial charge in [-0.1, -0.05) is 24.3 Å². The molecule has 0 aromatic heterocycles. The van der Waals surface area contributed by atoms with Gasteiger partial charge in [0.2, 0.25) is 17.7 Å². The van der Waals surface area contributed by atoms with E-state index < -0.39 is 42.2 Å². The van der Waals surface area contributed by atoms with Gasteiger partial charge >= 0.3 is 7.12 Å². The summed E-state index contributed by atoms with van der Waals surface area (Å²) in [6, 6.07) is 6.01. The second kappa shape index (κ2) is 7.80. The Hall–Kier alpha value is -2.39. The van der Waals surface area contributed by atoms with Gasteiger partial charge in [-0.25, -0.2) is 0 Å². The number of rotatable bonds is 6. The molecule has 2 aliphatic rings. The summed E-state index contributed by atoms with van der Waals surface area (Å²) < 4.78 is 12.1. The minimum absolute atomic E-state index is 0.168. The summed E-state index contributed by atoms with van der Waals surface area (Å²) in [6.07, 6.45) is 0.976. The minimum Gasteiger partial charge on any atom is -0.399 e. The Morgan fingerprint density at radius 3 is 2.28 bits per heavy atom. The van der Waals surface area contributed by atoms with Crippen LogP contribution in [-0.2, 0) is 30.1 Å². The van der Waals surface area contributed by atoms with Gasteiger partial charge in [0.05, 0.1) is 11.2 Å². The van der Waals surface area contributed by atoms with E-state index in [1.165, 1.54) is 0 Å². The van der Waals surface area contributed by atoms with E-state index in [-0.39, 0.29) is 12.3 Å². The van der Waals surface area contributed by atoms with Crippen LogP contribution in [0.4, 0.5) is 0 Å². The zero-order valence-corrected chi connectivity index (χ0v) is 17.3. The fourth-order valence-electron chi connectivity index (χ4n) is 3.33. The van der Waals surface area contributed by atoms with E-state index >= 15 is 0 Å². The lowest BCUT2D eigenvalue weighted by Gasteiger charge is -2.32. The zero-order chi connectivity index (χ0) is 21.4. The molecule has 2 heterocycles. The standard InChI is InChI=1S/C20H28BN3O5/c1-19(2)20(3,4)29-21(28-19)13-7-5-12(6-8-13)11-15(17(22)26)24-18(27)14-9-10-16(25)23-14/h5-8,14-15H,9-11H2,1-4H3,(H2,22,26)(H,23,25)(H,24,27)/t14-,15-/m0/s1. The number of nitrogens with one attached hydrogen (secondary N) is 2. The van der Waals surface area contributed by atoms with Crippen LogP contribution in [0.5, 0.6) is 0 Å². The molecule has 1 aromatic rings. The van der Waals surface area contributed by atoms with Crippen LogP contribution in [0.2, 0.25) is 0 Å². The molecule has 0 saturated carbocycles. The molecule has 156 valence electrons. The first kappa shape index (κ1) is 21.3. The molecule has 2 aliphatic heterocycles. The molecule has 0 bridgehead atoms. The molecule has 1 aromatic carbocycles. The van der Waals surface area contributed by atoms with Crippen molar-refractivity contribution in [2.45, 2.75) is 70.2 Å². The Balaban J connectivity index is 1.63. The van der Waals surface area contributed by atoms with E-state index in [0.29, 0.717) is 12.8 Å².